The first-order valence-corrected chi connectivity index (χ1v) is 5.81. The smallest absolute Gasteiger partial charge is 0.193 e. The average molecular weight is 256 g/mol. The van der Waals surface area contributed by atoms with Gasteiger partial charge in [-0.15, -0.1) is 0 Å². The van der Waals surface area contributed by atoms with Crippen molar-refractivity contribution in [3.05, 3.63) is 17.2 Å². The van der Waals surface area contributed by atoms with E-state index in [0.29, 0.717) is 28.7 Å². The molecule has 0 amide bonds. The number of anilines is 1. The van der Waals surface area contributed by atoms with Gasteiger partial charge in [-0.2, -0.15) is 8.75 Å². The normalized spacial score (nSPS) is 12.0. The standard InChI is InChI=1S/C9H10ClN5S/c1-2-12-9(11)13-7-5(10)3-4-6-8(7)15-16-14-6/h3-4H,2H2,1H3,(H3,11,12,13). The molecular formula is C9H10ClN5S. The Labute approximate surface area is 102 Å². The minimum atomic E-state index is 0.324. The lowest BCUT2D eigenvalue weighted by Gasteiger charge is -2.07. The van der Waals surface area contributed by atoms with Crippen LogP contribution in [0.1, 0.15) is 6.92 Å². The molecule has 0 aliphatic rings. The Balaban J connectivity index is 2.45. The quantitative estimate of drug-likeness (QED) is 0.636. The van der Waals surface area contributed by atoms with E-state index in [1.54, 1.807) is 6.07 Å². The highest BCUT2D eigenvalue weighted by Gasteiger charge is 2.10. The Bertz CT molecular complexity index is 536. The first-order valence-electron chi connectivity index (χ1n) is 4.70. The number of aliphatic imine (C=N–C) groups is 1. The summed E-state index contributed by atoms with van der Waals surface area (Å²) in [6, 6.07) is 3.58. The van der Waals surface area contributed by atoms with E-state index >= 15 is 0 Å². The molecule has 16 heavy (non-hydrogen) atoms. The molecule has 0 aliphatic heterocycles. The van der Waals surface area contributed by atoms with Crippen molar-refractivity contribution in [1.82, 2.24) is 8.75 Å². The predicted molar refractivity (Wildman–Crippen MR) is 68.2 cm³/mol. The molecule has 2 aromatic rings. The molecule has 0 saturated heterocycles. The third-order valence-corrected chi connectivity index (χ3v) is 2.82. The Hall–Kier alpha value is -1.40. The van der Waals surface area contributed by atoms with E-state index in [0.717, 1.165) is 17.2 Å². The molecule has 1 heterocycles. The number of guanidine groups is 1. The zero-order chi connectivity index (χ0) is 11.5. The lowest BCUT2D eigenvalue weighted by atomic mass is 10.2. The summed E-state index contributed by atoms with van der Waals surface area (Å²) in [6.45, 7) is 2.52. The van der Waals surface area contributed by atoms with Crippen LogP contribution in [-0.4, -0.2) is 21.3 Å². The summed E-state index contributed by atoms with van der Waals surface area (Å²) in [5.41, 5.74) is 7.84. The molecule has 84 valence electrons. The molecule has 3 N–H and O–H groups in total. The van der Waals surface area contributed by atoms with Crippen LogP contribution >= 0.6 is 23.3 Å². The van der Waals surface area contributed by atoms with Crippen molar-refractivity contribution in [2.24, 2.45) is 10.7 Å². The number of halogens is 1. The molecule has 1 aromatic carbocycles. The fourth-order valence-electron chi connectivity index (χ4n) is 1.28. The summed E-state index contributed by atoms with van der Waals surface area (Å²) >= 11 is 7.21. The van der Waals surface area contributed by atoms with Gasteiger partial charge in [-0.3, -0.25) is 4.99 Å². The van der Waals surface area contributed by atoms with Crippen LogP contribution in [0.25, 0.3) is 11.0 Å². The lowest BCUT2D eigenvalue weighted by molar-refractivity contribution is 1.12. The van der Waals surface area contributed by atoms with Crippen LogP contribution in [-0.2, 0) is 0 Å². The van der Waals surface area contributed by atoms with Crippen molar-refractivity contribution in [3.63, 3.8) is 0 Å². The second-order valence-corrected chi connectivity index (χ2v) is 3.97. The van der Waals surface area contributed by atoms with Crippen LogP contribution in [0.5, 0.6) is 0 Å². The van der Waals surface area contributed by atoms with Crippen molar-refractivity contribution in [2.45, 2.75) is 6.92 Å². The minimum absolute atomic E-state index is 0.324. The van der Waals surface area contributed by atoms with E-state index in [9.17, 15) is 0 Å². The van der Waals surface area contributed by atoms with Gasteiger partial charge in [0.05, 0.1) is 22.4 Å². The Morgan fingerprint density at radius 1 is 1.56 bits per heavy atom. The van der Waals surface area contributed by atoms with Gasteiger partial charge < -0.3 is 11.1 Å². The van der Waals surface area contributed by atoms with Gasteiger partial charge in [0.15, 0.2) is 5.96 Å². The zero-order valence-electron chi connectivity index (χ0n) is 8.57. The van der Waals surface area contributed by atoms with Crippen LogP contribution in [0.15, 0.2) is 17.1 Å². The van der Waals surface area contributed by atoms with Crippen molar-refractivity contribution in [1.29, 1.82) is 0 Å². The van der Waals surface area contributed by atoms with Crippen LogP contribution in [0.2, 0.25) is 5.02 Å². The maximum atomic E-state index is 6.07. The van der Waals surface area contributed by atoms with Crippen LogP contribution in [0.3, 0.4) is 0 Å². The van der Waals surface area contributed by atoms with Crippen molar-refractivity contribution >= 4 is 46.0 Å². The van der Waals surface area contributed by atoms with Crippen molar-refractivity contribution in [2.75, 3.05) is 11.9 Å². The Morgan fingerprint density at radius 2 is 2.38 bits per heavy atom. The monoisotopic (exact) mass is 255 g/mol. The molecule has 0 bridgehead atoms. The molecule has 1 aromatic heterocycles. The Morgan fingerprint density at radius 3 is 3.12 bits per heavy atom. The SMILES string of the molecule is CCN=C(N)Nc1c(Cl)ccc2nsnc12. The van der Waals surface area contributed by atoms with Gasteiger partial charge in [0.2, 0.25) is 0 Å². The van der Waals surface area contributed by atoms with Crippen molar-refractivity contribution in [3.8, 4) is 0 Å². The first-order chi connectivity index (χ1) is 7.72. The van der Waals surface area contributed by atoms with E-state index in [2.05, 4.69) is 19.1 Å². The maximum Gasteiger partial charge on any atom is 0.193 e. The number of nitrogens with one attached hydrogen (secondary N) is 1. The summed E-state index contributed by atoms with van der Waals surface area (Å²) in [7, 11) is 0. The Kier molecular flexibility index (Phi) is 3.21. The number of nitrogens with zero attached hydrogens (tertiary/aromatic N) is 3. The summed E-state index contributed by atoms with van der Waals surface area (Å²) in [5.74, 6) is 0.324. The third kappa shape index (κ3) is 2.07. The summed E-state index contributed by atoms with van der Waals surface area (Å²) in [6.07, 6.45) is 0. The van der Waals surface area contributed by atoms with Gasteiger partial charge in [-0.1, -0.05) is 11.6 Å². The highest BCUT2D eigenvalue weighted by Crippen LogP contribution is 2.29. The van der Waals surface area contributed by atoms with Gasteiger partial charge >= 0.3 is 0 Å². The minimum Gasteiger partial charge on any atom is -0.370 e. The fourth-order valence-corrected chi connectivity index (χ4v) is 2.03. The van der Waals surface area contributed by atoms with Crippen molar-refractivity contribution < 1.29 is 0 Å². The summed E-state index contributed by atoms with van der Waals surface area (Å²) in [5, 5.41) is 3.49. The zero-order valence-corrected chi connectivity index (χ0v) is 10.1. The second kappa shape index (κ2) is 4.63. The molecule has 0 saturated carbocycles. The van der Waals surface area contributed by atoms with E-state index < -0.39 is 0 Å². The van der Waals surface area contributed by atoms with E-state index in [4.69, 9.17) is 17.3 Å². The topological polar surface area (TPSA) is 76.2 Å². The van der Waals surface area contributed by atoms with Gasteiger partial charge in [-0.25, -0.2) is 0 Å². The molecule has 0 atom stereocenters. The maximum absolute atomic E-state index is 6.07. The molecule has 0 fully saturated rings. The largest absolute Gasteiger partial charge is 0.370 e. The third-order valence-electron chi connectivity index (χ3n) is 1.96. The van der Waals surface area contributed by atoms with Gasteiger partial charge in [0.25, 0.3) is 0 Å². The number of fused-ring (bicyclic) bond motifs is 1. The predicted octanol–water partition coefficient (Wildman–Crippen LogP) is 2.09. The second-order valence-electron chi connectivity index (χ2n) is 3.04. The molecule has 0 aliphatic carbocycles. The first kappa shape index (κ1) is 11.1. The summed E-state index contributed by atoms with van der Waals surface area (Å²) in [4.78, 5) is 4.03. The highest BCUT2D eigenvalue weighted by molar-refractivity contribution is 7.00. The molecule has 0 unspecified atom stereocenters. The van der Waals surface area contributed by atoms with E-state index in [-0.39, 0.29) is 0 Å². The fraction of sp³-hybridized carbons (Fsp3) is 0.222. The number of rotatable bonds is 2. The number of nitrogens with two attached hydrogens (primary N) is 1. The average Bonchev–Trinajstić information content (AvgIpc) is 2.71. The molecule has 7 heteroatoms. The van der Waals surface area contributed by atoms with E-state index in [1.807, 2.05) is 13.0 Å². The van der Waals surface area contributed by atoms with Gasteiger partial charge in [0.1, 0.15) is 11.0 Å². The number of hydrogen-bond donors (Lipinski definition) is 2. The van der Waals surface area contributed by atoms with Gasteiger partial charge in [-0.05, 0) is 19.1 Å². The molecular weight excluding hydrogens is 246 g/mol. The molecule has 0 radical (unpaired) electrons. The number of hydrogen-bond acceptors (Lipinski definition) is 4. The molecule has 5 nitrogen and oxygen atoms in total. The highest BCUT2D eigenvalue weighted by atomic mass is 35.5. The molecule has 0 spiro atoms. The number of benzene rings is 1. The van der Waals surface area contributed by atoms with Gasteiger partial charge in [0, 0.05) is 6.54 Å². The van der Waals surface area contributed by atoms with E-state index in [1.165, 1.54) is 0 Å². The summed E-state index contributed by atoms with van der Waals surface area (Å²) < 4.78 is 8.29. The lowest BCUT2D eigenvalue weighted by Crippen LogP contribution is -2.23. The van der Waals surface area contributed by atoms with Crippen LogP contribution < -0.4 is 11.1 Å². The molecule has 2 rings (SSSR count). The van der Waals surface area contributed by atoms with Crippen LogP contribution in [0.4, 0.5) is 5.69 Å². The number of aromatic nitrogens is 2. The van der Waals surface area contributed by atoms with Crippen LogP contribution in [0, 0.1) is 0 Å².